The number of hydrogen-bond donors (Lipinski definition) is 2. The molecular formula is C26H28Cl2N4O4. The Hall–Kier alpha value is -3.07. The van der Waals surface area contributed by atoms with Crippen LogP contribution in [0.15, 0.2) is 42.5 Å². The van der Waals surface area contributed by atoms with Crippen molar-refractivity contribution in [1.29, 1.82) is 0 Å². The van der Waals surface area contributed by atoms with Crippen molar-refractivity contribution in [3.8, 4) is 5.75 Å². The van der Waals surface area contributed by atoms with Crippen molar-refractivity contribution >= 4 is 35.1 Å². The number of aromatic nitrogens is 2. The first kappa shape index (κ1) is 26.0. The lowest BCUT2D eigenvalue weighted by Crippen LogP contribution is -2.42. The molecule has 1 amide bonds. The van der Waals surface area contributed by atoms with Crippen LogP contribution < -0.4 is 10.1 Å². The number of halogens is 2. The van der Waals surface area contributed by atoms with Crippen LogP contribution in [0.4, 0.5) is 0 Å². The highest BCUT2D eigenvalue weighted by Crippen LogP contribution is 2.29. The molecular weight excluding hydrogens is 503 g/mol. The van der Waals surface area contributed by atoms with Crippen molar-refractivity contribution in [3.63, 3.8) is 0 Å². The standard InChI is InChI=1S/C26H28Cl2N4O4/c1-15-12-23-20(14-31(15)25(33)18-6-9-21(27)22(28)13-18)24(26(34)35)32(30-23)11-10-29-16(2)17-4-7-19(36-3)8-5-17/h4-9,13,15-16,29H,10-12,14H2,1-3H3,(H,34,35)/t15-,16-/m1/s1. The van der Waals surface area contributed by atoms with Crippen LogP contribution >= 0.6 is 23.2 Å². The zero-order valence-electron chi connectivity index (χ0n) is 20.3. The van der Waals surface area contributed by atoms with Gasteiger partial charge in [-0.3, -0.25) is 9.48 Å². The van der Waals surface area contributed by atoms with Gasteiger partial charge in [0.25, 0.3) is 5.91 Å². The van der Waals surface area contributed by atoms with E-state index in [0.29, 0.717) is 46.4 Å². The molecule has 2 aromatic carbocycles. The molecule has 1 aliphatic heterocycles. The summed E-state index contributed by atoms with van der Waals surface area (Å²) in [4.78, 5) is 27.1. The van der Waals surface area contributed by atoms with Gasteiger partial charge >= 0.3 is 5.97 Å². The molecule has 1 aromatic heterocycles. The van der Waals surface area contributed by atoms with Gasteiger partial charge in [0.05, 0.1) is 35.9 Å². The van der Waals surface area contributed by atoms with Crippen LogP contribution in [0.2, 0.25) is 10.0 Å². The lowest BCUT2D eigenvalue weighted by Gasteiger charge is -2.33. The van der Waals surface area contributed by atoms with Gasteiger partial charge in [-0.2, -0.15) is 5.10 Å². The Balaban J connectivity index is 1.49. The van der Waals surface area contributed by atoms with Gasteiger partial charge in [-0.25, -0.2) is 4.79 Å². The van der Waals surface area contributed by atoms with Crippen LogP contribution in [-0.2, 0) is 19.5 Å². The van der Waals surface area contributed by atoms with Gasteiger partial charge in [0.15, 0.2) is 5.69 Å². The molecule has 8 nitrogen and oxygen atoms in total. The number of hydrogen-bond acceptors (Lipinski definition) is 5. The summed E-state index contributed by atoms with van der Waals surface area (Å²) >= 11 is 12.1. The highest BCUT2D eigenvalue weighted by Gasteiger charge is 2.34. The van der Waals surface area contributed by atoms with Crippen LogP contribution in [0, 0.1) is 0 Å². The molecule has 0 saturated carbocycles. The minimum absolute atomic E-state index is 0.0636. The molecule has 4 rings (SSSR count). The Kier molecular flexibility index (Phi) is 7.88. The maximum absolute atomic E-state index is 13.2. The molecule has 2 N–H and O–H groups in total. The van der Waals surface area contributed by atoms with Crippen LogP contribution in [-0.4, -0.2) is 51.4 Å². The molecule has 0 spiro atoms. The smallest absolute Gasteiger partial charge is 0.354 e. The number of benzene rings is 2. The molecule has 0 radical (unpaired) electrons. The summed E-state index contributed by atoms with van der Waals surface area (Å²) in [6, 6.07) is 12.4. The first-order valence-corrected chi connectivity index (χ1v) is 12.4. The molecule has 190 valence electrons. The van der Waals surface area contributed by atoms with Crippen molar-refractivity contribution in [3.05, 3.63) is 80.6 Å². The van der Waals surface area contributed by atoms with Crippen LogP contribution in [0.1, 0.15) is 57.6 Å². The van der Waals surface area contributed by atoms with E-state index in [0.717, 1.165) is 11.3 Å². The third kappa shape index (κ3) is 5.36. The first-order chi connectivity index (χ1) is 17.2. The summed E-state index contributed by atoms with van der Waals surface area (Å²) in [5.74, 6) is -0.505. The minimum Gasteiger partial charge on any atom is -0.497 e. The Morgan fingerprint density at radius 3 is 2.56 bits per heavy atom. The van der Waals surface area contributed by atoms with Crippen LogP contribution in [0.3, 0.4) is 0 Å². The predicted molar refractivity (Wildman–Crippen MR) is 138 cm³/mol. The number of nitrogens with one attached hydrogen (secondary N) is 1. The molecule has 2 heterocycles. The molecule has 0 fully saturated rings. The molecule has 0 bridgehead atoms. The van der Waals surface area contributed by atoms with Gasteiger partial charge in [-0.15, -0.1) is 0 Å². The number of nitrogens with zero attached hydrogens (tertiary/aromatic N) is 3. The fraction of sp³-hybridized carbons (Fsp3) is 0.346. The van der Waals surface area contributed by atoms with Crippen molar-refractivity contribution < 1.29 is 19.4 Å². The second kappa shape index (κ2) is 10.9. The Bertz CT molecular complexity index is 1280. The molecule has 36 heavy (non-hydrogen) atoms. The number of fused-ring (bicyclic) bond motifs is 1. The molecule has 1 aliphatic rings. The van der Waals surface area contributed by atoms with Crippen molar-refractivity contribution in [2.45, 2.75) is 45.4 Å². The third-order valence-electron chi connectivity index (χ3n) is 6.50. The second-order valence-electron chi connectivity index (χ2n) is 8.87. The molecule has 2 atom stereocenters. The number of methoxy groups -OCH3 is 1. The number of carboxylic acids is 1. The van der Waals surface area contributed by atoms with E-state index in [4.69, 9.17) is 27.9 Å². The molecule has 3 aromatic rings. The van der Waals surface area contributed by atoms with Gasteiger partial charge in [-0.05, 0) is 49.7 Å². The summed E-state index contributed by atoms with van der Waals surface area (Å²) in [7, 11) is 1.63. The largest absolute Gasteiger partial charge is 0.497 e. The fourth-order valence-corrected chi connectivity index (χ4v) is 4.76. The van der Waals surface area contributed by atoms with E-state index in [-0.39, 0.29) is 30.2 Å². The third-order valence-corrected chi connectivity index (χ3v) is 7.24. The van der Waals surface area contributed by atoms with E-state index in [1.165, 1.54) is 10.7 Å². The lowest BCUT2D eigenvalue weighted by atomic mass is 9.98. The first-order valence-electron chi connectivity index (χ1n) is 11.6. The van der Waals surface area contributed by atoms with E-state index < -0.39 is 5.97 Å². The zero-order valence-corrected chi connectivity index (χ0v) is 21.8. The van der Waals surface area contributed by atoms with Crippen molar-refractivity contribution in [2.24, 2.45) is 0 Å². The summed E-state index contributed by atoms with van der Waals surface area (Å²) in [6.07, 6.45) is 0.464. The number of carboxylic acid groups (broad SMARTS) is 1. The normalized spacial score (nSPS) is 15.9. The Morgan fingerprint density at radius 1 is 1.19 bits per heavy atom. The summed E-state index contributed by atoms with van der Waals surface area (Å²) in [5, 5.41) is 18.7. The van der Waals surface area contributed by atoms with Crippen molar-refractivity contribution in [2.75, 3.05) is 13.7 Å². The number of carbonyl (C=O) groups is 2. The maximum Gasteiger partial charge on any atom is 0.354 e. The van der Waals surface area contributed by atoms with Crippen LogP contribution in [0.25, 0.3) is 0 Å². The van der Waals surface area contributed by atoms with E-state index in [9.17, 15) is 14.7 Å². The number of amides is 1. The number of ether oxygens (including phenoxy) is 1. The fourth-order valence-electron chi connectivity index (χ4n) is 4.46. The summed E-state index contributed by atoms with van der Waals surface area (Å²) < 4.78 is 6.73. The second-order valence-corrected chi connectivity index (χ2v) is 9.68. The predicted octanol–water partition coefficient (Wildman–Crippen LogP) is 4.83. The number of aromatic carboxylic acids is 1. The molecule has 10 heteroatoms. The summed E-state index contributed by atoms with van der Waals surface area (Å²) in [5.41, 5.74) is 2.89. The average Bonchev–Trinajstić information content (AvgIpc) is 3.21. The van der Waals surface area contributed by atoms with Crippen LogP contribution in [0.5, 0.6) is 5.75 Å². The van der Waals surface area contributed by atoms with Gasteiger partial charge in [-0.1, -0.05) is 35.3 Å². The highest BCUT2D eigenvalue weighted by atomic mass is 35.5. The van der Waals surface area contributed by atoms with Gasteiger partial charge in [0, 0.05) is 36.2 Å². The Labute approximate surface area is 219 Å². The zero-order chi connectivity index (χ0) is 26.0. The minimum atomic E-state index is -1.07. The van der Waals surface area contributed by atoms with E-state index >= 15 is 0 Å². The maximum atomic E-state index is 13.2. The highest BCUT2D eigenvalue weighted by molar-refractivity contribution is 6.42. The quantitative estimate of drug-likeness (QED) is 0.432. The average molecular weight is 531 g/mol. The number of rotatable bonds is 8. The van der Waals surface area contributed by atoms with E-state index in [2.05, 4.69) is 10.4 Å². The molecule has 0 saturated heterocycles. The van der Waals surface area contributed by atoms with Gasteiger partial charge in [0.1, 0.15) is 5.75 Å². The SMILES string of the molecule is COc1ccc([C@@H](C)NCCn2nc3c(c2C(=O)O)CN(C(=O)c2ccc(Cl)c(Cl)c2)[C@H](C)C3)cc1. The molecule has 0 unspecified atom stereocenters. The topological polar surface area (TPSA) is 96.7 Å². The Morgan fingerprint density at radius 2 is 1.92 bits per heavy atom. The number of carbonyl (C=O) groups excluding carboxylic acids is 1. The van der Waals surface area contributed by atoms with E-state index in [1.54, 1.807) is 24.1 Å². The van der Waals surface area contributed by atoms with E-state index in [1.807, 2.05) is 38.1 Å². The molecule has 0 aliphatic carbocycles. The van der Waals surface area contributed by atoms with Crippen molar-refractivity contribution in [1.82, 2.24) is 20.0 Å². The van der Waals surface area contributed by atoms with Gasteiger partial charge < -0.3 is 20.1 Å². The summed E-state index contributed by atoms with van der Waals surface area (Å²) in [6.45, 7) is 5.03. The van der Waals surface area contributed by atoms with Gasteiger partial charge in [0.2, 0.25) is 0 Å². The lowest BCUT2D eigenvalue weighted by molar-refractivity contribution is 0.0634. The monoisotopic (exact) mass is 530 g/mol.